The van der Waals surface area contributed by atoms with Crippen molar-refractivity contribution in [2.45, 2.75) is 95.3 Å². The van der Waals surface area contributed by atoms with Crippen LogP contribution in [0.5, 0.6) is 0 Å². The number of epoxide rings is 7. The molecule has 7 unspecified atom stereocenters. The molecule has 3 aromatic rings. The average Bonchev–Trinajstić information content (AvgIpc) is 2.17. The molecule has 0 aromatic carbocycles. The second-order valence-corrected chi connectivity index (χ2v) is 19.5. The van der Waals surface area contributed by atoms with Crippen LogP contribution in [0.15, 0.2) is 43.2 Å². The van der Waals surface area contributed by atoms with Crippen LogP contribution in [0.4, 0.5) is 0 Å². The van der Waals surface area contributed by atoms with Crippen molar-refractivity contribution in [2.24, 2.45) is 7.05 Å². The van der Waals surface area contributed by atoms with E-state index in [1.54, 1.807) is 0 Å². The number of methoxy groups -OCH3 is 1. The molecule has 87 heavy (non-hydrogen) atoms. The van der Waals surface area contributed by atoms with Crippen molar-refractivity contribution >= 4 is 41.8 Å². The fourth-order valence-electron chi connectivity index (χ4n) is 6.98. The number of hydrogen-bond donors (Lipinski definition) is 0. The molecule has 7 saturated heterocycles. The molecule has 0 amide bonds. The van der Waals surface area contributed by atoms with Gasteiger partial charge in [-0.1, -0.05) is 0 Å². The summed E-state index contributed by atoms with van der Waals surface area (Å²) in [6, 6.07) is 0. The van der Waals surface area contributed by atoms with Crippen LogP contribution in [0.1, 0.15) is 0 Å². The number of aromatic nitrogens is 9. The van der Waals surface area contributed by atoms with E-state index < -0.39 is 146 Å². The molecule has 0 saturated carbocycles. The lowest BCUT2D eigenvalue weighted by atomic mass is 10.5. The van der Waals surface area contributed by atoms with Crippen LogP contribution in [0.25, 0.3) is 0 Å². The minimum Gasteiger partial charge on any atom is -0.461 e. The molecular weight excluding hydrogens is 1190 g/mol. The number of carbonyl (C=O) groups excluding carboxylic acids is 7. The number of nitrogens with zero attached hydrogens (tertiary/aromatic N) is 9. The van der Waals surface area contributed by atoms with Gasteiger partial charge in [0.15, 0.2) is 0 Å². The van der Waals surface area contributed by atoms with Crippen molar-refractivity contribution in [1.82, 2.24) is 41.1 Å². The van der Waals surface area contributed by atoms with Gasteiger partial charge in [-0.15, -0.1) is 0 Å². The standard InChI is InChI=1S/C18H21N3O12.C15H19N3O10.C14H17N3O9/c22-13(31-7-10-4-28-10)1-19-16(25)20(2-14(23)32-8-11-5-29-11)18(27)21(17(19)26)3-15(24)33-9-12-6-30-12;1-24-8-18-14(22)16(2-11(19)27-6-9-4-25-9)13(21)17(15(18)23)3-12(20)28-7-10-5-26-10;1-15-12(20)16(2-10(18)25-6-8-4-23-8)14(22)17(13(15)21)3-11(19)26-7-9-5-24-9/h10-12H,1-9H2;9-10H,2-8H2,1H3;8-9H,2-7H2,1H3. The summed E-state index contributed by atoms with van der Waals surface area (Å²) in [6.45, 7) is -2.88. The largest absolute Gasteiger partial charge is 0.461 e. The Hall–Kier alpha value is -8.80. The average molecular weight is 1240 g/mol. The van der Waals surface area contributed by atoms with Crippen LogP contribution in [0.2, 0.25) is 0 Å². The molecule has 10 rings (SSSR count). The minimum absolute atomic E-state index is 0.00491. The summed E-state index contributed by atoms with van der Waals surface area (Å²) in [4.78, 5) is 196. The van der Waals surface area contributed by atoms with E-state index in [4.69, 9.17) is 71.1 Å². The summed E-state index contributed by atoms with van der Waals surface area (Å²) >= 11 is 0. The maximum absolute atomic E-state index is 12.8. The van der Waals surface area contributed by atoms with Crippen molar-refractivity contribution in [3.63, 3.8) is 0 Å². The Morgan fingerprint density at radius 2 is 0.448 bits per heavy atom. The van der Waals surface area contributed by atoms with Crippen LogP contribution in [-0.2, 0) is 164 Å². The highest BCUT2D eigenvalue weighted by Crippen LogP contribution is 2.13. The van der Waals surface area contributed by atoms with E-state index in [0.717, 1.165) is 7.05 Å². The number of ether oxygens (including phenoxy) is 15. The van der Waals surface area contributed by atoms with Gasteiger partial charge in [0, 0.05) is 14.2 Å². The molecule has 3 aromatic heterocycles. The van der Waals surface area contributed by atoms with Crippen molar-refractivity contribution in [3.05, 3.63) is 94.4 Å². The summed E-state index contributed by atoms with van der Waals surface area (Å²) in [5.74, 6) is -6.22. The Bertz CT molecular complexity index is 3360. The lowest BCUT2D eigenvalue weighted by Gasteiger charge is -2.13. The fraction of sp³-hybridized carbons (Fsp3) is 0.660. The summed E-state index contributed by atoms with van der Waals surface area (Å²) < 4.78 is 77.8. The zero-order valence-electron chi connectivity index (χ0n) is 46.3. The van der Waals surface area contributed by atoms with E-state index in [2.05, 4.69) is 0 Å². The molecule has 476 valence electrons. The van der Waals surface area contributed by atoms with Gasteiger partial charge in [-0.25, -0.2) is 84.3 Å². The van der Waals surface area contributed by atoms with Crippen molar-refractivity contribution in [2.75, 3.05) is 99.6 Å². The molecule has 40 nitrogen and oxygen atoms in total. The van der Waals surface area contributed by atoms with Gasteiger partial charge in [-0.3, -0.25) is 33.6 Å². The monoisotopic (exact) mass is 1240 g/mol. The SMILES string of the molecule is COCn1c(=O)n(CC(=O)OCC2CO2)c(=O)n(CC(=O)OCC2CO2)c1=O.Cn1c(=O)n(CC(=O)OCC2CO2)c(=O)n(CC(=O)OCC2CO2)c1=O.O=C(Cn1c(=O)n(CC(=O)OCC2CO2)c(=O)n(CC(=O)OCC2CO2)c1=O)OCC1CO1. The normalized spacial score (nSPS) is 21.0. The Kier molecular flexibility index (Phi) is 21.4. The van der Waals surface area contributed by atoms with E-state index in [1.165, 1.54) is 7.11 Å². The predicted molar refractivity (Wildman–Crippen MR) is 271 cm³/mol. The maximum atomic E-state index is 12.8. The van der Waals surface area contributed by atoms with Gasteiger partial charge in [-0.05, 0) is 0 Å². The van der Waals surface area contributed by atoms with E-state index in [1.807, 2.05) is 0 Å². The molecule has 0 aliphatic carbocycles. The summed E-state index contributed by atoms with van der Waals surface area (Å²) in [6.07, 6.45) is -1.45. The Balaban J connectivity index is 0.000000171. The summed E-state index contributed by atoms with van der Waals surface area (Å²) in [5.41, 5.74) is -10.1. The van der Waals surface area contributed by atoms with Crippen molar-refractivity contribution in [3.8, 4) is 0 Å². The number of carbonyl (C=O) groups is 7. The first kappa shape index (κ1) is 64.2. The molecule has 7 aliphatic rings. The van der Waals surface area contributed by atoms with E-state index in [9.17, 15) is 76.7 Å². The third-order valence-corrected chi connectivity index (χ3v) is 12.4. The molecule has 7 aliphatic heterocycles. The highest BCUT2D eigenvalue weighted by Gasteiger charge is 2.32. The van der Waals surface area contributed by atoms with Gasteiger partial charge in [0.1, 0.15) is 142 Å². The molecule has 7 atom stereocenters. The van der Waals surface area contributed by atoms with Gasteiger partial charge in [-0.2, -0.15) is 0 Å². The van der Waals surface area contributed by atoms with Crippen LogP contribution in [0.3, 0.4) is 0 Å². The first-order chi connectivity index (χ1) is 41.6. The van der Waals surface area contributed by atoms with E-state index >= 15 is 0 Å². The fourth-order valence-corrected chi connectivity index (χ4v) is 6.98. The third-order valence-electron chi connectivity index (χ3n) is 12.4. The molecule has 0 bridgehead atoms. The molecular formula is C47H57N9O31. The van der Waals surface area contributed by atoms with Gasteiger partial charge in [0.2, 0.25) is 0 Å². The Morgan fingerprint density at radius 3 is 0.598 bits per heavy atom. The Labute approximate surface area is 483 Å². The smallest absolute Gasteiger partial charge is 0.338 e. The van der Waals surface area contributed by atoms with E-state index in [0.29, 0.717) is 87.4 Å². The van der Waals surface area contributed by atoms with Crippen molar-refractivity contribution in [1.29, 1.82) is 0 Å². The molecule has 0 N–H and O–H groups in total. The third kappa shape index (κ3) is 19.4. The second-order valence-electron chi connectivity index (χ2n) is 19.5. The summed E-state index contributed by atoms with van der Waals surface area (Å²) in [5, 5.41) is 0. The highest BCUT2D eigenvalue weighted by atomic mass is 16.6. The number of rotatable bonds is 30. The lowest BCUT2D eigenvalue weighted by molar-refractivity contribution is -0.146. The van der Waals surface area contributed by atoms with Crippen LogP contribution in [-0.4, -0.2) is 225 Å². The quantitative estimate of drug-likeness (QED) is 0.0340. The molecule has 0 spiro atoms. The zero-order chi connectivity index (χ0) is 62.6. The second kappa shape index (κ2) is 29.1. The summed E-state index contributed by atoms with van der Waals surface area (Å²) in [7, 11) is 2.36. The van der Waals surface area contributed by atoms with Gasteiger partial charge in [0.25, 0.3) is 0 Å². The highest BCUT2D eigenvalue weighted by molar-refractivity contribution is 5.72. The van der Waals surface area contributed by atoms with E-state index in [-0.39, 0.29) is 89.0 Å². The predicted octanol–water partition coefficient (Wildman–Crippen LogP) is -10.8. The van der Waals surface area contributed by atoms with Crippen LogP contribution >= 0.6 is 0 Å². The van der Waals surface area contributed by atoms with Gasteiger partial charge in [0.05, 0.1) is 46.2 Å². The first-order valence-corrected chi connectivity index (χ1v) is 26.3. The lowest BCUT2D eigenvalue weighted by Crippen LogP contribution is -2.56. The number of esters is 7. The maximum Gasteiger partial charge on any atom is 0.338 e. The number of hydrogen-bond acceptors (Lipinski definition) is 31. The minimum atomic E-state index is -1.24. The molecule has 7 fully saturated rings. The van der Waals surface area contributed by atoms with Crippen LogP contribution in [0, 0.1) is 0 Å². The first-order valence-electron chi connectivity index (χ1n) is 26.3. The molecule has 40 heteroatoms. The molecule has 0 radical (unpaired) electrons. The topological polar surface area (TPSA) is 479 Å². The zero-order valence-corrected chi connectivity index (χ0v) is 46.3. The molecule has 10 heterocycles. The van der Waals surface area contributed by atoms with Crippen molar-refractivity contribution < 1.29 is 105 Å². The van der Waals surface area contributed by atoms with Gasteiger partial charge < -0.3 is 71.1 Å². The van der Waals surface area contributed by atoms with Gasteiger partial charge >= 0.3 is 93.0 Å². The Morgan fingerprint density at radius 1 is 0.299 bits per heavy atom. The van der Waals surface area contributed by atoms with Crippen LogP contribution < -0.4 is 51.2 Å².